The summed E-state index contributed by atoms with van der Waals surface area (Å²) in [5.41, 5.74) is 1.79. The van der Waals surface area contributed by atoms with E-state index in [0.29, 0.717) is 12.2 Å². The predicted molar refractivity (Wildman–Crippen MR) is 94.7 cm³/mol. The van der Waals surface area contributed by atoms with Gasteiger partial charge in [-0.15, -0.1) is 0 Å². The van der Waals surface area contributed by atoms with Crippen molar-refractivity contribution in [2.75, 3.05) is 25.0 Å². The van der Waals surface area contributed by atoms with Crippen molar-refractivity contribution in [2.45, 2.75) is 24.7 Å². The van der Waals surface area contributed by atoms with Crippen LogP contribution in [0.3, 0.4) is 0 Å². The quantitative estimate of drug-likeness (QED) is 0.881. The second kappa shape index (κ2) is 7.04. The number of nitrogens with zero attached hydrogens (tertiary/aromatic N) is 1. The molecule has 0 unspecified atom stereocenters. The standard InChI is InChI=1S/C20H23FN2O/c1-23(18-11-6-5-10-17(18)21)14-19(24)22-15-20(12-7-13-20)16-8-3-2-4-9-16/h2-6,8-11H,7,12-15H2,1H3,(H,22,24). The first-order valence-corrected chi connectivity index (χ1v) is 8.39. The molecule has 0 heterocycles. The molecule has 24 heavy (non-hydrogen) atoms. The lowest BCUT2D eigenvalue weighted by Crippen LogP contribution is -2.47. The Labute approximate surface area is 142 Å². The number of halogens is 1. The maximum absolute atomic E-state index is 13.8. The highest BCUT2D eigenvalue weighted by Gasteiger charge is 2.38. The molecule has 0 aliphatic heterocycles. The predicted octanol–water partition coefficient (Wildman–Crippen LogP) is 3.50. The lowest BCUT2D eigenvalue weighted by atomic mass is 9.64. The van der Waals surface area contributed by atoms with E-state index in [1.54, 1.807) is 30.1 Å². The number of rotatable bonds is 6. The Morgan fingerprint density at radius 3 is 2.42 bits per heavy atom. The zero-order valence-electron chi connectivity index (χ0n) is 14.0. The van der Waals surface area contributed by atoms with Gasteiger partial charge in [0.2, 0.25) is 5.91 Å². The van der Waals surface area contributed by atoms with Crippen molar-refractivity contribution in [2.24, 2.45) is 0 Å². The highest BCUT2D eigenvalue weighted by atomic mass is 19.1. The van der Waals surface area contributed by atoms with Crippen LogP contribution in [-0.4, -0.2) is 26.0 Å². The third kappa shape index (κ3) is 3.42. The van der Waals surface area contributed by atoms with Crippen LogP contribution in [0.15, 0.2) is 54.6 Å². The van der Waals surface area contributed by atoms with Gasteiger partial charge in [-0.05, 0) is 30.5 Å². The molecule has 0 saturated heterocycles. The molecule has 1 aliphatic carbocycles. The molecule has 0 spiro atoms. The van der Waals surface area contributed by atoms with Crippen LogP contribution in [0.2, 0.25) is 0 Å². The molecule has 1 saturated carbocycles. The molecule has 4 heteroatoms. The van der Waals surface area contributed by atoms with Crippen LogP contribution >= 0.6 is 0 Å². The van der Waals surface area contributed by atoms with Gasteiger partial charge < -0.3 is 10.2 Å². The second-order valence-electron chi connectivity index (χ2n) is 6.58. The fourth-order valence-corrected chi connectivity index (χ4v) is 3.35. The maximum atomic E-state index is 13.8. The van der Waals surface area contributed by atoms with Gasteiger partial charge in [0.25, 0.3) is 0 Å². The molecule has 1 N–H and O–H groups in total. The number of hydrogen-bond acceptors (Lipinski definition) is 2. The van der Waals surface area contributed by atoms with Gasteiger partial charge in [0, 0.05) is 19.0 Å². The van der Waals surface area contributed by atoms with E-state index in [0.717, 1.165) is 12.8 Å². The Balaban J connectivity index is 1.58. The first-order chi connectivity index (χ1) is 11.6. The van der Waals surface area contributed by atoms with E-state index in [-0.39, 0.29) is 23.7 Å². The SMILES string of the molecule is CN(CC(=O)NCC1(c2ccccc2)CCC1)c1ccccc1F. The molecule has 2 aromatic rings. The number of nitrogens with one attached hydrogen (secondary N) is 1. The minimum absolute atomic E-state index is 0.0630. The molecule has 3 nitrogen and oxygen atoms in total. The zero-order valence-corrected chi connectivity index (χ0v) is 14.0. The average molecular weight is 326 g/mol. The second-order valence-corrected chi connectivity index (χ2v) is 6.58. The number of carbonyl (C=O) groups is 1. The van der Waals surface area contributed by atoms with E-state index in [9.17, 15) is 9.18 Å². The van der Waals surface area contributed by atoms with Crippen LogP contribution in [0.5, 0.6) is 0 Å². The van der Waals surface area contributed by atoms with E-state index in [1.807, 2.05) is 18.2 Å². The van der Waals surface area contributed by atoms with Crippen LogP contribution in [0.1, 0.15) is 24.8 Å². The number of benzene rings is 2. The monoisotopic (exact) mass is 326 g/mol. The molecule has 0 radical (unpaired) electrons. The van der Waals surface area contributed by atoms with E-state index < -0.39 is 0 Å². The molecule has 0 atom stereocenters. The molecule has 0 bridgehead atoms. The molecular formula is C20H23FN2O. The van der Waals surface area contributed by atoms with E-state index in [2.05, 4.69) is 17.4 Å². The topological polar surface area (TPSA) is 32.3 Å². The molecule has 2 aromatic carbocycles. The van der Waals surface area contributed by atoms with Crippen molar-refractivity contribution in [3.63, 3.8) is 0 Å². The summed E-state index contributed by atoms with van der Waals surface area (Å²) in [5.74, 6) is -0.393. The van der Waals surface area contributed by atoms with Crippen molar-refractivity contribution in [1.82, 2.24) is 5.32 Å². The summed E-state index contributed by atoms with van der Waals surface area (Å²) in [6, 6.07) is 16.9. The minimum Gasteiger partial charge on any atom is -0.363 e. The lowest BCUT2D eigenvalue weighted by Gasteiger charge is -2.42. The van der Waals surface area contributed by atoms with Crippen LogP contribution in [0, 0.1) is 5.82 Å². The highest BCUT2D eigenvalue weighted by molar-refractivity contribution is 5.81. The van der Waals surface area contributed by atoms with Gasteiger partial charge in [-0.1, -0.05) is 48.9 Å². The van der Waals surface area contributed by atoms with Crippen molar-refractivity contribution in [3.8, 4) is 0 Å². The maximum Gasteiger partial charge on any atom is 0.239 e. The smallest absolute Gasteiger partial charge is 0.239 e. The van der Waals surface area contributed by atoms with Gasteiger partial charge in [-0.2, -0.15) is 0 Å². The van der Waals surface area contributed by atoms with Gasteiger partial charge in [0.05, 0.1) is 12.2 Å². The van der Waals surface area contributed by atoms with Crippen molar-refractivity contribution < 1.29 is 9.18 Å². The molecule has 1 fully saturated rings. The number of amides is 1. The third-order valence-electron chi connectivity index (χ3n) is 4.97. The van der Waals surface area contributed by atoms with Crippen molar-refractivity contribution >= 4 is 11.6 Å². The zero-order chi connectivity index (χ0) is 17.0. The van der Waals surface area contributed by atoms with Crippen LogP contribution < -0.4 is 10.2 Å². The Morgan fingerprint density at radius 1 is 1.12 bits per heavy atom. The fraction of sp³-hybridized carbons (Fsp3) is 0.350. The van der Waals surface area contributed by atoms with E-state index in [4.69, 9.17) is 0 Å². The summed E-state index contributed by atoms with van der Waals surface area (Å²) in [7, 11) is 1.73. The Hall–Kier alpha value is -2.36. The minimum atomic E-state index is -0.312. The molecular weight excluding hydrogens is 303 g/mol. The lowest BCUT2D eigenvalue weighted by molar-refractivity contribution is -0.120. The largest absolute Gasteiger partial charge is 0.363 e. The number of carbonyl (C=O) groups excluding carboxylic acids is 1. The summed E-state index contributed by atoms with van der Waals surface area (Å²) in [4.78, 5) is 13.9. The van der Waals surface area contributed by atoms with Crippen LogP contribution in [0.25, 0.3) is 0 Å². The van der Waals surface area contributed by atoms with Gasteiger partial charge >= 0.3 is 0 Å². The van der Waals surface area contributed by atoms with E-state index >= 15 is 0 Å². The molecule has 1 amide bonds. The summed E-state index contributed by atoms with van der Waals surface area (Å²) in [6.45, 7) is 0.784. The number of anilines is 1. The fourth-order valence-electron chi connectivity index (χ4n) is 3.35. The Bertz CT molecular complexity index is 698. The summed E-state index contributed by atoms with van der Waals surface area (Å²) < 4.78 is 13.8. The van der Waals surface area contributed by atoms with Crippen LogP contribution in [0.4, 0.5) is 10.1 Å². The molecule has 0 aromatic heterocycles. The van der Waals surface area contributed by atoms with Crippen molar-refractivity contribution in [1.29, 1.82) is 0 Å². The summed E-state index contributed by atoms with van der Waals surface area (Å²) >= 11 is 0. The average Bonchev–Trinajstić information content (AvgIpc) is 2.55. The van der Waals surface area contributed by atoms with Gasteiger partial charge in [-0.25, -0.2) is 4.39 Å². The number of likely N-dealkylation sites (N-methyl/N-ethyl adjacent to an activating group) is 1. The summed E-state index contributed by atoms with van der Waals surface area (Å²) in [6.07, 6.45) is 3.39. The van der Waals surface area contributed by atoms with Gasteiger partial charge in [0.1, 0.15) is 5.82 Å². The van der Waals surface area contributed by atoms with E-state index in [1.165, 1.54) is 18.1 Å². The van der Waals surface area contributed by atoms with Crippen LogP contribution in [-0.2, 0) is 10.2 Å². The normalized spacial score (nSPS) is 15.4. The molecule has 126 valence electrons. The molecule has 1 aliphatic rings. The Kier molecular flexibility index (Phi) is 4.84. The van der Waals surface area contributed by atoms with Gasteiger partial charge in [-0.3, -0.25) is 4.79 Å². The first-order valence-electron chi connectivity index (χ1n) is 8.39. The number of para-hydroxylation sites is 1. The summed E-state index contributed by atoms with van der Waals surface area (Å²) in [5, 5.41) is 3.04. The van der Waals surface area contributed by atoms with Crippen molar-refractivity contribution in [3.05, 3.63) is 66.0 Å². The molecule has 3 rings (SSSR count). The van der Waals surface area contributed by atoms with Gasteiger partial charge in [0.15, 0.2) is 0 Å². The number of hydrogen-bond donors (Lipinski definition) is 1. The first kappa shape index (κ1) is 16.5. The third-order valence-corrected chi connectivity index (χ3v) is 4.97. The highest BCUT2D eigenvalue weighted by Crippen LogP contribution is 2.43. The Morgan fingerprint density at radius 2 is 1.79 bits per heavy atom.